The van der Waals surface area contributed by atoms with Crippen LogP contribution in [0, 0.1) is 5.92 Å². The number of carbonyl (C=O) groups is 1. The maximum absolute atomic E-state index is 11.3. The number of nitrogens with zero attached hydrogens (tertiary/aromatic N) is 2. The van der Waals surface area contributed by atoms with Gasteiger partial charge in [-0.05, 0) is 24.8 Å². The van der Waals surface area contributed by atoms with Crippen LogP contribution < -0.4 is 11.1 Å². The number of amides is 1. The van der Waals surface area contributed by atoms with Crippen molar-refractivity contribution in [1.82, 2.24) is 15.1 Å². The molecule has 1 aromatic rings. The molecule has 0 aliphatic heterocycles. The van der Waals surface area contributed by atoms with Crippen molar-refractivity contribution in [3.63, 3.8) is 0 Å². The van der Waals surface area contributed by atoms with Gasteiger partial charge in [0, 0.05) is 12.7 Å². The number of aromatic nitrogens is 2. The van der Waals surface area contributed by atoms with Crippen molar-refractivity contribution in [2.24, 2.45) is 11.7 Å². The van der Waals surface area contributed by atoms with Crippen molar-refractivity contribution in [2.75, 3.05) is 0 Å². The Hall–Kier alpha value is -1.36. The van der Waals surface area contributed by atoms with Gasteiger partial charge in [0.15, 0.2) is 0 Å². The molecule has 0 bridgehead atoms. The second-order valence-electron chi connectivity index (χ2n) is 6.08. The van der Waals surface area contributed by atoms with E-state index in [0.29, 0.717) is 12.6 Å². The standard InChI is InChI=1S/C15H26N4O/c1-11(2)14(15(16)20)17-10-12-8-9-19(18-12)13-6-4-3-5-7-13/h8-9,11,13-14,17H,3-7,10H2,1-2H3,(H2,16,20). The van der Waals surface area contributed by atoms with Gasteiger partial charge in [-0.3, -0.25) is 14.8 Å². The number of nitrogens with two attached hydrogens (primary N) is 1. The van der Waals surface area contributed by atoms with Crippen molar-refractivity contribution >= 4 is 5.91 Å². The minimum atomic E-state index is -0.299. The van der Waals surface area contributed by atoms with Gasteiger partial charge < -0.3 is 5.73 Å². The second kappa shape index (κ2) is 6.88. The third-order valence-electron chi connectivity index (χ3n) is 4.09. The van der Waals surface area contributed by atoms with Crippen LogP contribution in [0.15, 0.2) is 12.3 Å². The first-order valence-electron chi connectivity index (χ1n) is 7.64. The summed E-state index contributed by atoms with van der Waals surface area (Å²) in [6, 6.07) is 2.28. The van der Waals surface area contributed by atoms with E-state index in [2.05, 4.69) is 21.3 Å². The lowest BCUT2D eigenvalue weighted by atomic mass is 9.96. The minimum absolute atomic E-state index is 0.188. The molecular formula is C15H26N4O. The van der Waals surface area contributed by atoms with Crippen LogP contribution in [0.3, 0.4) is 0 Å². The summed E-state index contributed by atoms with van der Waals surface area (Å²) >= 11 is 0. The van der Waals surface area contributed by atoms with Gasteiger partial charge in [-0.2, -0.15) is 5.10 Å². The van der Waals surface area contributed by atoms with Gasteiger partial charge in [-0.25, -0.2) is 0 Å². The molecule has 1 aromatic heterocycles. The lowest BCUT2D eigenvalue weighted by Crippen LogP contribution is -2.44. The van der Waals surface area contributed by atoms with Crippen molar-refractivity contribution in [3.8, 4) is 0 Å². The SMILES string of the molecule is CC(C)C(NCc1ccn(C2CCCCC2)n1)C(N)=O. The summed E-state index contributed by atoms with van der Waals surface area (Å²) in [5.74, 6) is -0.111. The highest BCUT2D eigenvalue weighted by Crippen LogP contribution is 2.27. The fourth-order valence-corrected chi connectivity index (χ4v) is 2.90. The van der Waals surface area contributed by atoms with Gasteiger partial charge >= 0.3 is 0 Å². The third kappa shape index (κ3) is 3.82. The molecular weight excluding hydrogens is 252 g/mol. The quantitative estimate of drug-likeness (QED) is 0.835. The lowest BCUT2D eigenvalue weighted by molar-refractivity contribution is -0.121. The Bertz CT molecular complexity index is 435. The second-order valence-corrected chi connectivity index (χ2v) is 6.08. The number of carbonyl (C=O) groups excluding carboxylic acids is 1. The Morgan fingerprint density at radius 3 is 2.75 bits per heavy atom. The van der Waals surface area contributed by atoms with Crippen LogP contribution in [0.4, 0.5) is 0 Å². The first kappa shape index (κ1) is 15.0. The van der Waals surface area contributed by atoms with E-state index >= 15 is 0 Å². The highest BCUT2D eigenvalue weighted by Gasteiger charge is 2.20. The zero-order chi connectivity index (χ0) is 14.5. The van der Waals surface area contributed by atoms with E-state index in [-0.39, 0.29) is 17.9 Å². The molecule has 5 nitrogen and oxygen atoms in total. The molecule has 1 aliphatic carbocycles. The van der Waals surface area contributed by atoms with E-state index in [9.17, 15) is 4.79 Å². The van der Waals surface area contributed by atoms with Gasteiger partial charge in [-0.1, -0.05) is 33.1 Å². The largest absolute Gasteiger partial charge is 0.368 e. The number of hydrogen-bond acceptors (Lipinski definition) is 3. The maximum Gasteiger partial charge on any atom is 0.234 e. The smallest absolute Gasteiger partial charge is 0.234 e. The van der Waals surface area contributed by atoms with E-state index in [4.69, 9.17) is 5.73 Å². The van der Waals surface area contributed by atoms with Crippen molar-refractivity contribution in [3.05, 3.63) is 18.0 Å². The lowest BCUT2D eigenvalue weighted by Gasteiger charge is -2.22. The van der Waals surface area contributed by atoms with E-state index in [1.165, 1.54) is 32.1 Å². The van der Waals surface area contributed by atoms with Crippen molar-refractivity contribution < 1.29 is 4.79 Å². The summed E-state index contributed by atoms with van der Waals surface area (Å²) in [4.78, 5) is 11.3. The molecule has 1 amide bonds. The molecule has 0 saturated heterocycles. The maximum atomic E-state index is 11.3. The first-order valence-corrected chi connectivity index (χ1v) is 7.64. The fraction of sp³-hybridized carbons (Fsp3) is 0.733. The molecule has 2 rings (SSSR count). The summed E-state index contributed by atoms with van der Waals surface area (Å²) in [5.41, 5.74) is 6.37. The first-order chi connectivity index (χ1) is 9.58. The molecule has 5 heteroatoms. The average molecular weight is 278 g/mol. The monoisotopic (exact) mass is 278 g/mol. The highest BCUT2D eigenvalue weighted by molar-refractivity contribution is 5.80. The van der Waals surface area contributed by atoms with Crippen LogP contribution in [-0.4, -0.2) is 21.7 Å². The molecule has 0 spiro atoms. The molecule has 1 fully saturated rings. The van der Waals surface area contributed by atoms with Crippen LogP contribution in [-0.2, 0) is 11.3 Å². The van der Waals surface area contributed by atoms with Crippen LogP contribution in [0.5, 0.6) is 0 Å². The normalized spacial score (nSPS) is 18.4. The average Bonchev–Trinajstić information content (AvgIpc) is 2.88. The van der Waals surface area contributed by atoms with Gasteiger partial charge in [0.2, 0.25) is 5.91 Å². The molecule has 0 radical (unpaired) electrons. The summed E-state index contributed by atoms with van der Waals surface area (Å²) in [7, 11) is 0. The van der Waals surface area contributed by atoms with Gasteiger partial charge in [0.1, 0.15) is 0 Å². The predicted molar refractivity (Wildman–Crippen MR) is 79.0 cm³/mol. The Kier molecular flexibility index (Phi) is 5.17. The van der Waals surface area contributed by atoms with Gasteiger partial charge in [-0.15, -0.1) is 0 Å². The summed E-state index contributed by atoms with van der Waals surface area (Å²) in [5, 5.41) is 7.83. The third-order valence-corrected chi connectivity index (χ3v) is 4.09. The molecule has 1 saturated carbocycles. The van der Waals surface area contributed by atoms with E-state index in [1.807, 2.05) is 19.9 Å². The number of rotatable bonds is 6. The zero-order valence-electron chi connectivity index (χ0n) is 12.5. The van der Waals surface area contributed by atoms with Crippen LogP contribution >= 0.6 is 0 Å². The minimum Gasteiger partial charge on any atom is -0.368 e. The molecule has 3 N–H and O–H groups in total. The molecule has 1 atom stereocenters. The molecule has 0 aromatic carbocycles. The molecule has 1 aliphatic rings. The number of primary amides is 1. The molecule has 20 heavy (non-hydrogen) atoms. The van der Waals surface area contributed by atoms with Gasteiger partial charge in [0.05, 0.1) is 17.8 Å². The van der Waals surface area contributed by atoms with Gasteiger partial charge in [0.25, 0.3) is 0 Å². The Morgan fingerprint density at radius 2 is 2.15 bits per heavy atom. The summed E-state index contributed by atoms with van der Waals surface area (Å²) < 4.78 is 2.09. The highest BCUT2D eigenvalue weighted by atomic mass is 16.1. The zero-order valence-corrected chi connectivity index (χ0v) is 12.5. The Labute approximate surface area is 120 Å². The number of hydrogen-bond donors (Lipinski definition) is 2. The van der Waals surface area contributed by atoms with Crippen LogP contribution in [0.2, 0.25) is 0 Å². The molecule has 1 heterocycles. The van der Waals surface area contributed by atoms with Crippen molar-refractivity contribution in [2.45, 2.75) is 64.6 Å². The summed E-state index contributed by atoms with van der Waals surface area (Å²) in [6.07, 6.45) is 8.46. The predicted octanol–water partition coefficient (Wildman–Crippen LogP) is 1.99. The van der Waals surface area contributed by atoms with E-state index < -0.39 is 0 Å². The fourth-order valence-electron chi connectivity index (χ4n) is 2.90. The van der Waals surface area contributed by atoms with E-state index in [0.717, 1.165) is 5.69 Å². The van der Waals surface area contributed by atoms with Crippen LogP contribution in [0.1, 0.15) is 57.7 Å². The molecule has 112 valence electrons. The Morgan fingerprint density at radius 1 is 1.45 bits per heavy atom. The number of nitrogens with one attached hydrogen (secondary N) is 1. The van der Waals surface area contributed by atoms with Crippen molar-refractivity contribution in [1.29, 1.82) is 0 Å². The van der Waals surface area contributed by atoms with E-state index in [1.54, 1.807) is 0 Å². The Balaban J connectivity index is 1.90. The summed E-state index contributed by atoms with van der Waals surface area (Å²) in [6.45, 7) is 4.57. The van der Waals surface area contributed by atoms with Crippen LogP contribution in [0.25, 0.3) is 0 Å². The topological polar surface area (TPSA) is 72.9 Å². The molecule has 1 unspecified atom stereocenters.